The number of aromatic nitrogens is 3. The van der Waals surface area contributed by atoms with E-state index in [4.69, 9.17) is 0 Å². The summed E-state index contributed by atoms with van der Waals surface area (Å²) in [5, 5.41) is 13.9. The number of hydrogen-bond acceptors (Lipinski definition) is 6. The Morgan fingerprint density at radius 1 is 1.17 bits per heavy atom. The Kier molecular flexibility index (Phi) is 5.15. The predicted molar refractivity (Wildman–Crippen MR) is 88.5 cm³/mol. The van der Waals surface area contributed by atoms with E-state index in [1.165, 1.54) is 19.0 Å². The van der Waals surface area contributed by atoms with Gasteiger partial charge < -0.3 is 15.5 Å². The zero-order valence-corrected chi connectivity index (χ0v) is 13.2. The summed E-state index contributed by atoms with van der Waals surface area (Å²) < 4.78 is 13.0. The highest BCUT2D eigenvalue weighted by Crippen LogP contribution is 2.20. The quantitative estimate of drug-likeness (QED) is 0.780. The van der Waals surface area contributed by atoms with Crippen LogP contribution in [0.2, 0.25) is 0 Å². The van der Waals surface area contributed by atoms with Crippen LogP contribution in [0.5, 0.6) is 0 Å². The molecule has 1 aliphatic rings. The van der Waals surface area contributed by atoms with Crippen molar-refractivity contribution in [3.8, 4) is 0 Å². The maximum Gasteiger partial charge on any atom is 0.253 e. The van der Waals surface area contributed by atoms with Crippen molar-refractivity contribution in [2.75, 3.05) is 36.4 Å². The number of rotatable bonds is 6. The molecule has 0 saturated carbocycles. The number of hydrogen-bond donors (Lipinski definition) is 2. The monoisotopic (exact) mass is 330 g/mol. The maximum absolute atomic E-state index is 13.0. The normalized spacial score (nSPS) is 13.8. The number of amides is 1. The highest BCUT2D eigenvalue weighted by Gasteiger charge is 2.13. The van der Waals surface area contributed by atoms with Crippen LogP contribution in [-0.4, -0.2) is 47.3 Å². The van der Waals surface area contributed by atoms with E-state index in [-0.39, 0.29) is 11.5 Å². The van der Waals surface area contributed by atoms with Crippen LogP contribution in [0.15, 0.2) is 30.7 Å². The average Bonchev–Trinajstić information content (AvgIpc) is 3.13. The van der Waals surface area contributed by atoms with E-state index in [1.54, 1.807) is 6.20 Å². The molecule has 2 aromatic heterocycles. The van der Waals surface area contributed by atoms with Crippen LogP contribution in [0, 0.1) is 5.82 Å². The Morgan fingerprint density at radius 2 is 2.00 bits per heavy atom. The first-order valence-electron chi connectivity index (χ1n) is 7.93. The van der Waals surface area contributed by atoms with Crippen molar-refractivity contribution in [2.24, 2.45) is 0 Å². The fourth-order valence-electron chi connectivity index (χ4n) is 2.60. The summed E-state index contributed by atoms with van der Waals surface area (Å²) in [7, 11) is 0. The number of halogens is 1. The molecular formula is C16H19FN6O. The van der Waals surface area contributed by atoms with Gasteiger partial charge in [-0.05, 0) is 18.9 Å². The highest BCUT2D eigenvalue weighted by molar-refractivity contribution is 5.93. The summed E-state index contributed by atoms with van der Waals surface area (Å²) in [5.41, 5.74) is 1.26. The van der Waals surface area contributed by atoms with Crippen molar-refractivity contribution in [1.29, 1.82) is 0 Å². The van der Waals surface area contributed by atoms with E-state index < -0.39 is 5.82 Å². The lowest BCUT2D eigenvalue weighted by molar-refractivity contribution is 0.0954. The van der Waals surface area contributed by atoms with Crippen LogP contribution in [-0.2, 0) is 0 Å². The van der Waals surface area contributed by atoms with Crippen LogP contribution < -0.4 is 15.5 Å². The molecule has 0 atom stereocenters. The molecule has 0 radical (unpaired) electrons. The standard InChI is InChI=1S/C16H19FN6O/c17-13-7-12(9-18-10-13)16(24)20-4-3-19-15-8-14(11-21-22-15)23-5-1-2-6-23/h7-11H,1-6H2,(H,19,22)(H,20,24). The number of carbonyl (C=O) groups excluding carboxylic acids is 1. The zero-order chi connectivity index (χ0) is 16.8. The first-order chi connectivity index (χ1) is 11.7. The third kappa shape index (κ3) is 4.15. The van der Waals surface area contributed by atoms with Gasteiger partial charge in [0, 0.05) is 38.4 Å². The second-order valence-electron chi connectivity index (χ2n) is 5.57. The minimum Gasteiger partial charge on any atom is -0.370 e. The van der Waals surface area contributed by atoms with Crippen LogP contribution in [0.1, 0.15) is 23.2 Å². The van der Waals surface area contributed by atoms with E-state index in [2.05, 4.69) is 30.7 Å². The Labute approximate surface area is 139 Å². The minimum absolute atomic E-state index is 0.200. The van der Waals surface area contributed by atoms with Crippen molar-refractivity contribution >= 4 is 17.4 Å². The van der Waals surface area contributed by atoms with E-state index >= 15 is 0 Å². The van der Waals surface area contributed by atoms with Gasteiger partial charge in [-0.25, -0.2) is 4.39 Å². The number of nitrogens with zero attached hydrogens (tertiary/aromatic N) is 4. The van der Waals surface area contributed by atoms with Gasteiger partial charge in [-0.1, -0.05) is 0 Å². The van der Waals surface area contributed by atoms with Crippen molar-refractivity contribution < 1.29 is 9.18 Å². The topological polar surface area (TPSA) is 83.0 Å². The van der Waals surface area contributed by atoms with Gasteiger partial charge in [0.25, 0.3) is 5.91 Å². The zero-order valence-electron chi connectivity index (χ0n) is 13.2. The average molecular weight is 330 g/mol. The molecule has 1 fully saturated rings. The number of nitrogens with one attached hydrogen (secondary N) is 2. The molecule has 24 heavy (non-hydrogen) atoms. The summed E-state index contributed by atoms with van der Waals surface area (Å²) in [6, 6.07) is 3.11. The van der Waals surface area contributed by atoms with Crippen molar-refractivity contribution in [1.82, 2.24) is 20.5 Å². The van der Waals surface area contributed by atoms with E-state index in [0.717, 1.165) is 31.0 Å². The minimum atomic E-state index is -0.533. The van der Waals surface area contributed by atoms with Gasteiger partial charge in [0.15, 0.2) is 5.82 Å². The van der Waals surface area contributed by atoms with Gasteiger partial charge in [0.1, 0.15) is 5.82 Å². The first-order valence-corrected chi connectivity index (χ1v) is 7.93. The Hall–Kier alpha value is -2.77. The van der Waals surface area contributed by atoms with Crippen molar-refractivity contribution in [3.63, 3.8) is 0 Å². The molecule has 8 heteroatoms. The fraction of sp³-hybridized carbons (Fsp3) is 0.375. The Morgan fingerprint density at radius 3 is 2.79 bits per heavy atom. The van der Waals surface area contributed by atoms with Gasteiger partial charge in [-0.2, -0.15) is 5.10 Å². The largest absolute Gasteiger partial charge is 0.370 e. The van der Waals surface area contributed by atoms with Gasteiger partial charge in [-0.3, -0.25) is 9.78 Å². The fourth-order valence-corrected chi connectivity index (χ4v) is 2.60. The maximum atomic E-state index is 13.0. The molecule has 2 N–H and O–H groups in total. The van der Waals surface area contributed by atoms with Crippen molar-refractivity contribution in [2.45, 2.75) is 12.8 Å². The molecule has 0 spiro atoms. The lowest BCUT2D eigenvalue weighted by Gasteiger charge is -2.17. The molecule has 7 nitrogen and oxygen atoms in total. The summed E-state index contributed by atoms with van der Waals surface area (Å²) in [6.45, 7) is 2.96. The molecule has 0 bridgehead atoms. The smallest absolute Gasteiger partial charge is 0.253 e. The molecule has 0 aromatic carbocycles. The molecule has 3 heterocycles. The van der Waals surface area contributed by atoms with Gasteiger partial charge >= 0.3 is 0 Å². The van der Waals surface area contributed by atoms with Crippen LogP contribution in [0.3, 0.4) is 0 Å². The van der Waals surface area contributed by atoms with Gasteiger partial charge in [-0.15, -0.1) is 5.10 Å². The number of pyridine rings is 1. The highest BCUT2D eigenvalue weighted by atomic mass is 19.1. The van der Waals surface area contributed by atoms with Crippen LogP contribution in [0.4, 0.5) is 15.9 Å². The summed E-state index contributed by atoms with van der Waals surface area (Å²) in [4.78, 5) is 17.8. The Bertz CT molecular complexity index is 704. The molecule has 2 aromatic rings. The second kappa shape index (κ2) is 7.67. The van der Waals surface area contributed by atoms with E-state index in [0.29, 0.717) is 18.9 Å². The first kappa shape index (κ1) is 16.1. The molecule has 1 saturated heterocycles. The lowest BCUT2D eigenvalue weighted by atomic mass is 10.2. The van der Waals surface area contributed by atoms with Gasteiger partial charge in [0.05, 0.1) is 23.6 Å². The van der Waals surface area contributed by atoms with Crippen LogP contribution in [0.25, 0.3) is 0 Å². The SMILES string of the molecule is O=C(NCCNc1cc(N2CCCC2)cnn1)c1cncc(F)c1. The van der Waals surface area contributed by atoms with E-state index in [1.807, 2.05) is 6.07 Å². The molecular weight excluding hydrogens is 311 g/mol. The van der Waals surface area contributed by atoms with Crippen LogP contribution >= 0.6 is 0 Å². The second-order valence-corrected chi connectivity index (χ2v) is 5.57. The lowest BCUT2D eigenvalue weighted by Crippen LogP contribution is -2.29. The molecule has 0 unspecified atom stereocenters. The third-order valence-electron chi connectivity index (χ3n) is 3.80. The molecule has 1 amide bonds. The number of anilines is 2. The third-order valence-corrected chi connectivity index (χ3v) is 3.80. The summed E-state index contributed by atoms with van der Waals surface area (Å²) in [6.07, 6.45) is 6.55. The van der Waals surface area contributed by atoms with Crippen molar-refractivity contribution in [3.05, 3.63) is 42.1 Å². The predicted octanol–water partition coefficient (Wildman–Crippen LogP) is 1.45. The molecule has 1 aliphatic heterocycles. The van der Waals surface area contributed by atoms with E-state index in [9.17, 15) is 9.18 Å². The molecule has 126 valence electrons. The summed E-state index contributed by atoms with van der Waals surface area (Å²) in [5.74, 6) is -0.225. The van der Waals surface area contributed by atoms with Gasteiger partial charge in [0.2, 0.25) is 0 Å². The Balaban J connectivity index is 1.46. The molecule has 3 rings (SSSR count). The summed E-state index contributed by atoms with van der Waals surface area (Å²) >= 11 is 0. The number of carbonyl (C=O) groups is 1. The molecule has 0 aliphatic carbocycles.